The van der Waals surface area contributed by atoms with Crippen molar-refractivity contribution in [3.63, 3.8) is 0 Å². The van der Waals surface area contributed by atoms with E-state index in [1.165, 1.54) is 5.56 Å². The van der Waals surface area contributed by atoms with Gasteiger partial charge in [0.2, 0.25) is 0 Å². The summed E-state index contributed by atoms with van der Waals surface area (Å²) < 4.78 is 5.76. The summed E-state index contributed by atoms with van der Waals surface area (Å²) in [5, 5.41) is 9.15. The maximum absolute atomic E-state index is 9.15. The van der Waals surface area contributed by atoms with E-state index in [9.17, 15) is 0 Å². The molecule has 0 spiro atoms. The molecular formula is C12H20O2Si. The molecule has 1 aromatic rings. The zero-order valence-electron chi connectivity index (χ0n) is 9.79. The minimum absolute atomic E-state index is 0.333. The Morgan fingerprint density at radius 1 is 1.20 bits per heavy atom. The SMILES string of the molecule is CCO[Si](C)(C)CCc1ccc(O)cc1. The van der Waals surface area contributed by atoms with Crippen LogP contribution in [0.1, 0.15) is 12.5 Å². The molecule has 0 unspecified atom stereocenters. The fraction of sp³-hybridized carbons (Fsp3) is 0.500. The third-order valence-electron chi connectivity index (χ3n) is 2.49. The first-order chi connectivity index (χ1) is 7.03. The lowest BCUT2D eigenvalue weighted by Crippen LogP contribution is -2.30. The first-order valence-corrected chi connectivity index (χ1v) is 8.57. The van der Waals surface area contributed by atoms with Gasteiger partial charge in [0.1, 0.15) is 5.75 Å². The Morgan fingerprint density at radius 3 is 2.33 bits per heavy atom. The summed E-state index contributed by atoms with van der Waals surface area (Å²) >= 11 is 0. The van der Waals surface area contributed by atoms with E-state index in [2.05, 4.69) is 20.0 Å². The van der Waals surface area contributed by atoms with Crippen molar-refractivity contribution in [3.8, 4) is 5.75 Å². The summed E-state index contributed by atoms with van der Waals surface area (Å²) in [6, 6.07) is 8.57. The highest BCUT2D eigenvalue weighted by Crippen LogP contribution is 2.17. The van der Waals surface area contributed by atoms with Gasteiger partial charge >= 0.3 is 0 Å². The zero-order chi connectivity index (χ0) is 11.3. The fourth-order valence-corrected chi connectivity index (χ4v) is 3.39. The Bertz CT molecular complexity index is 293. The molecule has 1 rings (SSSR count). The van der Waals surface area contributed by atoms with Gasteiger partial charge in [-0.3, -0.25) is 0 Å². The number of benzene rings is 1. The van der Waals surface area contributed by atoms with Crippen molar-refractivity contribution in [1.29, 1.82) is 0 Å². The zero-order valence-corrected chi connectivity index (χ0v) is 10.8. The number of hydrogen-bond acceptors (Lipinski definition) is 2. The molecule has 84 valence electrons. The van der Waals surface area contributed by atoms with E-state index in [1.54, 1.807) is 12.1 Å². The largest absolute Gasteiger partial charge is 0.508 e. The molecule has 0 heterocycles. The number of hydrogen-bond donors (Lipinski definition) is 1. The molecule has 15 heavy (non-hydrogen) atoms. The van der Waals surface area contributed by atoms with Crippen molar-refractivity contribution < 1.29 is 9.53 Å². The molecule has 0 amide bonds. The first-order valence-electron chi connectivity index (χ1n) is 5.45. The van der Waals surface area contributed by atoms with Gasteiger partial charge in [-0.2, -0.15) is 0 Å². The lowest BCUT2D eigenvalue weighted by molar-refractivity contribution is 0.329. The second-order valence-corrected chi connectivity index (χ2v) is 8.67. The van der Waals surface area contributed by atoms with Crippen LogP contribution in [0.15, 0.2) is 24.3 Å². The van der Waals surface area contributed by atoms with E-state index in [1.807, 2.05) is 12.1 Å². The second kappa shape index (κ2) is 5.33. The minimum Gasteiger partial charge on any atom is -0.508 e. The van der Waals surface area contributed by atoms with Crippen LogP contribution in [0.3, 0.4) is 0 Å². The second-order valence-electron chi connectivity index (χ2n) is 4.36. The summed E-state index contributed by atoms with van der Waals surface area (Å²) in [6.45, 7) is 7.36. The Hall–Kier alpha value is -0.803. The normalized spacial score (nSPS) is 11.7. The lowest BCUT2D eigenvalue weighted by atomic mass is 10.2. The van der Waals surface area contributed by atoms with E-state index in [-0.39, 0.29) is 0 Å². The van der Waals surface area contributed by atoms with Crippen molar-refractivity contribution in [2.75, 3.05) is 6.61 Å². The smallest absolute Gasteiger partial charge is 0.187 e. The van der Waals surface area contributed by atoms with Gasteiger partial charge in [-0.05, 0) is 50.2 Å². The summed E-state index contributed by atoms with van der Waals surface area (Å²) in [6.07, 6.45) is 1.04. The molecule has 3 heteroatoms. The van der Waals surface area contributed by atoms with Crippen LogP contribution < -0.4 is 0 Å². The van der Waals surface area contributed by atoms with Crippen molar-refractivity contribution >= 4 is 8.32 Å². The molecule has 1 N–H and O–H groups in total. The highest BCUT2D eigenvalue weighted by atomic mass is 28.4. The van der Waals surface area contributed by atoms with Crippen LogP contribution in [-0.2, 0) is 10.8 Å². The first kappa shape index (κ1) is 12.3. The maximum atomic E-state index is 9.15. The predicted molar refractivity (Wildman–Crippen MR) is 65.7 cm³/mol. The van der Waals surface area contributed by atoms with Gasteiger partial charge in [0.15, 0.2) is 8.32 Å². The lowest BCUT2D eigenvalue weighted by Gasteiger charge is -2.21. The fourth-order valence-electron chi connectivity index (χ4n) is 1.57. The minimum atomic E-state index is -1.46. The number of aryl methyl sites for hydroxylation is 1. The van der Waals surface area contributed by atoms with Crippen LogP contribution in [0.25, 0.3) is 0 Å². The Balaban J connectivity index is 2.46. The van der Waals surface area contributed by atoms with Gasteiger partial charge in [-0.1, -0.05) is 12.1 Å². The molecule has 0 bridgehead atoms. The Morgan fingerprint density at radius 2 is 1.80 bits per heavy atom. The molecular weight excluding hydrogens is 204 g/mol. The molecule has 0 aliphatic rings. The molecule has 0 aliphatic carbocycles. The number of phenols is 1. The highest BCUT2D eigenvalue weighted by Gasteiger charge is 2.20. The summed E-state index contributed by atoms with van der Waals surface area (Å²) in [5.74, 6) is 0.333. The maximum Gasteiger partial charge on any atom is 0.187 e. The predicted octanol–water partition coefficient (Wildman–Crippen LogP) is 3.18. The van der Waals surface area contributed by atoms with Gasteiger partial charge in [-0.25, -0.2) is 0 Å². The van der Waals surface area contributed by atoms with E-state index < -0.39 is 8.32 Å². The summed E-state index contributed by atoms with van der Waals surface area (Å²) in [4.78, 5) is 0. The molecule has 1 aromatic carbocycles. The van der Waals surface area contributed by atoms with Crippen LogP contribution in [0, 0.1) is 0 Å². The number of aromatic hydroxyl groups is 1. The Labute approximate surface area is 93.0 Å². The van der Waals surface area contributed by atoms with Crippen molar-refractivity contribution in [2.45, 2.75) is 32.5 Å². The molecule has 2 nitrogen and oxygen atoms in total. The monoisotopic (exact) mass is 224 g/mol. The van der Waals surface area contributed by atoms with Gasteiger partial charge in [-0.15, -0.1) is 0 Å². The molecule has 0 aliphatic heterocycles. The van der Waals surface area contributed by atoms with Crippen LogP contribution in [0.5, 0.6) is 5.75 Å². The molecule has 0 saturated heterocycles. The molecule has 0 radical (unpaired) electrons. The van der Waals surface area contributed by atoms with E-state index in [0.29, 0.717) is 5.75 Å². The van der Waals surface area contributed by atoms with Crippen molar-refractivity contribution in [1.82, 2.24) is 0 Å². The van der Waals surface area contributed by atoms with Gasteiger partial charge in [0.05, 0.1) is 0 Å². The molecule has 0 atom stereocenters. The average molecular weight is 224 g/mol. The number of phenolic OH excluding ortho intramolecular Hbond substituents is 1. The van der Waals surface area contributed by atoms with Gasteiger partial charge in [0, 0.05) is 6.61 Å². The van der Waals surface area contributed by atoms with E-state index in [0.717, 1.165) is 19.1 Å². The molecule has 0 fully saturated rings. The van der Waals surface area contributed by atoms with Crippen molar-refractivity contribution in [2.24, 2.45) is 0 Å². The van der Waals surface area contributed by atoms with Crippen LogP contribution >= 0.6 is 0 Å². The molecule has 0 saturated carbocycles. The summed E-state index contributed by atoms with van der Waals surface area (Å²) in [7, 11) is -1.46. The quantitative estimate of drug-likeness (QED) is 0.778. The van der Waals surface area contributed by atoms with Crippen LogP contribution in [-0.4, -0.2) is 20.0 Å². The highest BCUT2D eigenvalue weighted by molar-refractivity contribution is 6.71. The standard InChI is InChI=1S/C12H20O2Si/c1-4-14-15(2,3)10-9-11-5-7-12(13)8-6-11/h5-8,13H,4,9-10H2,1-3H3. The van der Waals surface area contributed by atoms with Gasteiger partial charge < -0.3 is 9.53 Å². The average Bonchev–Trinajstić information content (AvgIpc) is 2.17. The van der Waals surface area contributed by atoms with Crippen molar-refractivity contribution in [3.05, 3.63) is 29.8 Å². The number of rotatable bonds is 5. The molecule has 0 aromatic heterocycles. The van der Waals surface area contributed by atoms with Gasteiger partial charge in [0.25, 0.3) is 0 Å². The third kappa shape index (κ3) is 4.49. The third-order valence-corrected chi connectivity index (χ3v) is 5.01. The van der Waals surface area contributed by atoms with E-state index >= 15 is 0 Å². The van der Waals surface area contributed by atoms with Crippen LogP contribution in [0.2, 0.25) is 19.1 Å². The van der Waals surface area contributed by atoms with Crippen LogP contribution in [0.4, 0.5) is 0 Å². The Kier molecular flexibility index (Phi) is 4.36. The summed E-state index contributed by atoms with van der Waals surface area (Å²) in [5.41, 5.74) is 1.27. The van der Waals surface area contributed by atoms with E-state index in [4.69, 9.17) is 9.53 Å². The topological polar surface area (TPSA) is 29.5 Å².